The van der Waals surface area contributed by atoms with Crippen LogP contribution in [0.4, 0.5) is 8.78 Å². The fraction of sp³-hybridized carbons (Fsp3) is 0.200. The Morgan fingerprint density at radius 2 is 1.70 bits per heavy atom. The van der Waals surface area contributed by atoms with E-state index in [9.17, 15) is 22.3 Å². The van der Waals surface area contributed by atoms with Crippen molar-refractivity contribution in [3.05, 3.63) is 59.1 Å². The smallest absolute Gasteiger partial charge is 0.181 e. The van der Waals surface area contributed by atoms with Crippen LogP contribution >= 0.6 is 11.6 Å². The quantitative estimate of drug-likeness (QED) is 0.803. The van der Waals surface area contributed by atoms with Gasteiger partial charge in [0.05, 0.1) is 15.7 Å². The molecule has 0 aromatic heterocycles. The Hall–Kier alpha value is -1.70. The van der Waals surface area contributed by atoms with E-state index in [1.807, 2.05) is 0 Å². The molecule has 1 atom stereocenters. The molecule has 1 N–H and O–H groups in total. The van der Waals surface area contributed by atoms with Crippen molar-refractivity contribution in [3.63, 3.8) is 0 Å². The number of halogens is 3. The lowest BCUT2D eigenvalue weighted by Crippen LogP contribution is -2.27. The van der Waals surface area contributed by atoms with Crippen LogP contribution in [0.2, 0.25) is 5.02 Å². The number of rotatable bonds is 6. The van der Waals surface area contributed by atoms with Crippen molar-refractivity contribution in [1.29, 1.82) is 0 Å². The summed E-state index contributed by atoms with van der Waals surface area (Å²) < 4.78 is 55.0. The van der Waals surface area contributed by atoms with Crippen molar-refractivity contribution in [2.45, 2.75) is 11.0 Å². The van der Waals surface area contributed by atoms with E-state index < -0.39 is 33.3 Å². The van der Waals surface area contributed by atoms with Gasteiger partial charge in [0.15, 0.2) is 9.84 Å². The minimum absolute atomic E-state index is 0.0126. The van der Waals surface area contributed by atoms with Crippen LogP contribution in [-0.2, 0) is 9.84 Å². The highest BCUT2D eigenvalue weighted by molar-refractivity contribution is 7.91. The number of aliphatic hydroxyl groups excluding tert-OH is 1. The maximum atomic E-state index is 12.9. The van der Waals surface area contributed by atoms with Crippen LogP contribution in [0.25, 0.3) is 0 Å². The first kappa shape index (κ1) is 17.7. The second kappa shape index (κ2) is 7.25. The summed E-state index contributed by atoms with van der Waals surface area (Å²) in [6, 6.07) is 7.73. The number of benzene rings is 2. The molecule has 2 aromatic carbocycles. The molecule has 0 fully saturated rings. The number of hydrogen-bond donors (Lipinski definition) is 1. The van der Waals surface area contributed by atoms with E-state index in [2.05, 4.69) is 0 Å². The zero-order valence-electron chi connectivity index (χ0n) is 11.7. The van der Waals surface area contributed by atoms with E-state index in [4.69, 9.17) is 16.3 Å². The topological polar surface area (TPSA) is 63.6 Å². The minimum atomic E-state index is -3.79. The van der Waals surface area contributed by atoms with Crippen LogP contribution in [0.1, 0.15) is 0 Å². The van der Waals surface area contributed by atoms with Gasteiger partial charge in [-0.1, -0.05) is 11.6 Å². The van der Waals surface area contributed by atoms with Gasteiger partial charge in [0.1, 0.15) is 30.1 Å². The lowest BCUT2D eigenvalue weighted by atomic mass is 10.3. The van der Waals surface area contributed by atoms with Crippen LogP contribution < -0.4 is 4.74 Å². The molecule has 4 nitrogen and oxygen atoms in total. The van der Waals surface area contributed by atoms with Crippen molar-refractivity contribution < 1.29 is 27.0 Å². The zero-order valence-corrected chi connectivity index (χ0v) is 13.3. The second-order valence-electron chi connectivity index (χ2n) is 4.77. The molecule has 0 aliphatic carbocycles. The standard InChI is InChI=1S/C15H13ClF2O4S/c16-14-7-11(18)3-6-15(14)22-8-12(19)9-23(20,21)13-4-1-10(17)2-5-13/h1-7,12,19H,8-9H2. The minimum Gasteiger partial charge on any atom is -0.489 e. The highest BCUT2D eigenvalue weighted by atomic mass is 35.5. The first-order valence-corrected chi connectivity index (χ1v) is 8.55. The Balaban J connectivity index is 1.98. The molecule has 0 spiro atoms. The SMILES string of the molecule is O=S(=O)(CC(O)COc1ccc(F)cc1Cl)c1ccc(F)cc1. The molecule has 0 saturated carbocycles. The lowest BCUT2D eigenvalue weighted by molar-refractivity contribution is 0.125. The zero-order chi connectivity index (χ0) is 17.0. The predicted molar refractivity (Wildman–Crippen MR) is 81.4 cm³/mol. The van der Waals surface area contributed by atoms with E-state index in [1.54, 1.807) is 0 Å². The highest BCUT2D eigenvalue weighted by Gasteiger charge is 2.20. The van der Waals surface area contributed by atoms with Crippen LogP contribution in [0.5, 0.6) is 5.75 Å². The third kappa shape index (κ3) is 4.89. The molecule has 0 bridgehead atoms. The van der Waals surface area contributed by atoms with Gasteiger partial charge >= 0.3 is 0 Å². The van der Waals surface area contributed by atoms with Gasteiger partial charge < -0.3 is 9.84 Å². The lowest BCUT2D eigenvalue weighted by Gasteiger charge is -2.13. The van der Waals surface area contributed by atoms with Gasteiger partial charge in [-0.15, -0.1) is 0 Å². The molecule has 23 heavy (non-hydrogen) atoms. The van der Waals surface area contributed by atoms with Crippen LogP contribution in [-0.4, -0.2) is 32.0 Å². The largest absolute Gasteiger partial charge is 0.489 e. The molecule has 124 valence electrons. The number of sulfone groups is 1. The van der Waals surface area contributed by atoms with Crippen molar-refractivity contribution >= 4 is 21.4 Å². The van der Waals surface area contributed by atoms with E-state index in [-0.39, 0.29) is 22.3 Å². The average molecular weight is 363 g/mol. The number of ether oxygens (including phenoxy) is 1. The van der Waals surface area contributed by atoms with Crippen LogP contribution in [0.3, 0.4) is 0 Å². The summed E-state index contributed by atoms with van der Waals surface area (Å²) >= 11 is 5.76. The van der Waals surface area contributed by atoms with Crippen molar-refractivity contribution in [3.8, 4) is 5.75 Å². The Morgan fingerprint density at radius 3 is 2.30 bits per heavy atom. The maximum Gasteiger partial charge on any atom is 0.181 e. The van der Waals surface area contributed by atoms with Gasteiger partial charge in [0.2, 0.25) is 0 Å². The molecule has 2 aromatic rings. The summed E-state index contributed by atoms with van der Waals surface area (Å²) in [5.74, 6) is -1.57. The summed E-state index contributed by atoms with van der Waals surface area (Å²) in [5, 5.41) is 9.82. The van der Waals surface area contributed by atoms with Gasteiger partial charge in [0, 0.05) is 0 Å². The third-order valence-electron chi connectivity index (χ3n) is 2.91. The summed E-state index contributed by atoms with van der Waals surface area (Å²) in [7, 11) is -3.79. The van der Waals surface area contributed by atoms with E-state index >= 15 is 0 Å². The van der Waals surface area contributed by atoms with E-state index in [0.717, 1.165) is 36.4 Å². The van der Waals surface area contributed by atoms with E-state index in [0.29, 0.717) is 0 Å². The summed E-state index contributed by atoms with van der Waals surface area (Å²) in [5.41, 5.74) is 0. The number of aliphatic hydroxyl groups is 1. The Kier molecular flexibility index (Phi) is 5.56. The Labute approximate surface area is 137 Å². The highest BCUT2D eigenvalue weighted by Crippen LogP contribution is 2.25. The molecule has 1 unspecified atom stereocenters. The molecule has 0 heterocycles. The molecule has 0 saturated heterocycles. The molecular formula is C15H13ClF2O4S. The summed E-state index contributed by atoms with van der Waals surface area (Å²) in [4.78, 5) is -0.0993. The van der Waals surface area contributed by atoms with Crippen molar-refractivity contribution in [2.75, 3.05) is 12.4 Å². The first-order valence-electron chi connectivity index (χ1n) is 6.52. The van der Waals surface area contributed by atoms with Gasteiger partial charge in [-0.05, 0) is 42.5 Å². The summed E-state index contributed by atoms with van der Waals surface area (Å²) in [6.07, 6.45) is -1.33. The molecule has 0 aliphatic heterocycles. The van der Waals surface area contributed by atoms with Crippen LogP contribution in [0.15, 0.2) is 47.4 Å². The normalized spacial score (nSPS) is 12.9. The monoisotopic (exact) mass is 362 g/mol. The molecule has 2 rings (SSSR count). The van der Waals surface area contributed by atoms with E-state index in [1.165, 1.54) is 6.07 Å². The first-order chi connectivity index (χ1) is 10.8. The third-order valence-corrected chi connectivity index (χ3v) is 5.02. The fourth-order valence-electron chi connectivity index (χ4n) is 1.82. The Morgan fingerprint density at radius 1 is 1.09 bits per heavy atom. The molecule has 0 aliphatic rings. The molecule has 0 amide bonds. The second-order valence-corrected chi connectivity index (χ2v) is 7.22. The molecule has 8 heteroatoms. The van der Waals surface area contributed by atoms with Gasteiger partial charge in [-0.3, -0.25) is 0 Å². The van der Waals surface area contributed by atoms with Crippen molar-refractivity contribution in [2.24, 2.45) is 0 Å². The van der Waals surface area contributed by atoms with Crippen molar-refractivity contribution in [1.82, 2.24) is 0 Å². The van der Waals surface area contributed by atoms with Gasteiger partial charge in [-0.25, -0.2) is 17.2 Å². The predicted octanol–water partition coefficient (Wildman–Crippen LogP) is 2.83. The summed E-state index contributed by atoms with van der Waals surface area (Å²) in [6.45, 7) is -0.341. The number of hydrogen-bond acceptors (Lipinski definition) is 4. The Bertz CT molecular complexity index is 779. The van der Waals surface area contributed by atoms with Gasteiger partial charge in [0.25, 0.3) is 0 Å². The molecule has 0 radical (unpaired) electrons. The molecular weight excluding hydrogens is 350 g/mol. The average Bonchev–Trinajstić information content (AvgIpc) is 2.46. The fourth-order valence-corrected chi connectivity index (χ4v) is 3.39. The maximum absolute atomic E-state index is 12.9. The van der Waals surface area contributed by atoms with Crippen LogP contribution in [0, 0.1) is 11.6 Å². The van der Waals surface area contributed by atoms with Gasteiger partial charge in [-0.2, -0.15) is 0 Å².